The molecule has 1 saturated heterocycles. The lowest BCUT2D eigenvalue weighted by atomic mass is 9.85. The number of carbonyl (C=O) groups excluding carboxylic acids is 3. The monoisotopic (exact) mass is 424 g/mol. The van der Waals surface area contributed by atoms with Crippen LogP contribution in [0.4, 0.5) is 10.5 Å². The second-order valence-electron chi connectivity index (χ2n) is 7.75. The van der Waals surface area contributed by atoms with E-state index in [-0.39, 0.29) is 21.4 Å². The van der Waals surface area contributed by atoms with Crippen molar-refractivity contribution in [3.8, 4) is 0 Å². The van der Waals surface area contributed by atoms with Crippen LogP contribution in [0.15, 0.2) is 47.4 Å². The van der Waals surface area contributed by atoms with Gasteiger partial charge in [-0.25, -0.2) is 4.79 Å². The van der Waals surface area contributed by atoms with Gasteiger partial charge >= 0.3 is 5.97 Å². The van der Waals surface area contributed by atoms with Gasteiger partial charge < -0.3 is 10.4 Å². The molecule has 1 aliphatic rings. The summed E-state index contributed by atoms with van der Waals surface area (Å²) in [5.74, 6) is -2.20. The lowest BCUT2D eigenvalue weighted by molar-refractivity contribution is -0.115. The first kappa shape index (κ1) is 21.3. The molecule has 0 unspecified atom stereocenters. The standard InChI is InChI=1S/C22H20N2O5S/c1-22(2,3)13-7-8-15(20(27)28)16(11-13)18(25)23-14-6-4-5-12(9-14)10-17-19(26)24-21(29)30-17/h4-11H,1-3H3,(H,23,25)(H,27,28)(H,24,26,29). The number of nitrogens with one attached hydrogen (secondary N) is 2. The lowest BCUT2D eigenvalue weighted by Crippen LogP contribution is -2.19. The second-order valence-corrected chi connectivity index (χ2v) is 8.76. The number of anilines is 1. The first-order valence-corrected chi connectivity index (χ1v) is 9.90. The van der Waals surface area contributed by atoms with Crippen LogP contribution in [0.5, 0.6) is 0 Å². The van der Waals surface area contributed by atoms with Crippen LogP contribution in [0.1, 0.15) is 52.6 Å². The number of carboxylic acids is 1. The van der Waals surface area contributed by atoms with Crippen LogP contribution in [0.25, 0.3) is 6.08 Å². The Kier molecular flexibility index (Phi) is 5.80. The number of amides is 3. The van der Waals surface area contributed by atoms with Crippen molar-refractivity contribution in [1.29, 1.82) is 0 Å². The number of hydrogen-bond donors (Lipinski definition) is 3. The summed E-state index contributed by atoms with van der Waals surface area (Å²) in [6.45, 7) is 5.93. The zero-order valence-electron chi connectivity index (χ0n) is 16.6. The van der Waals surface area contributed by atoms with Gasteiger partial charge in [-0.05, 0) is 58.6 Å². The molecular formula is C22H20N2O5S. The molecule has 0 saturated carbocycles. The van der Waals surface area contributed by atoms with Crippen molar-refractivity contribution in [1.82, 2.24) is 5.32 Å². The summed E-state index contributed by atoms with van der Waals surface area (Å²) >= 11 is 0.803. The van der Waals surface area contributed by atoms with Gasteiger partial charge in [-0.3, -0.25) is 19.7 Å². The second kappa shape index (κ2) is 8.16. The fourth-order valence-corrected chi connectivity index (χ4v) is 3.54. The molecular weight excluding hydrogens is 404 g/mol. The first-order valence-electron chi connectivity index (χ1n) is 9.09. The number of rotatable bonds is 4. The molecule has 0 spiro atoms. The molecule has 7 nitrogen and oxygen atoms in total. The van der Waals surface area contributed by atoms with E-state index in [1.807, 2.05) is 20.8 Å². The summed E-state index contributed by atoms with van der Waals surface area (Å²) in [6, 6.07) is 11.4. The fraction of sp³-hybridized carbons (Fsp3) is 0.182. The van der Waals surface area contributed by atoms with E-state index in [9.17, 15) is 24.3 Å². The normalized spacial score (nSPS) is 15.2. The summed E-state index contributed by atoms with van der Waals surface area (Å²) in [5, 5.41) is 13.9. The third-order valence-corrected chi connectivity index (χ3v) is 5.26. The highest BCUT2D eigenvalue weighted by Gasteiger charge is 2.25. The van der Waals surface area contributed by atoms with Crippen molar-refractivity contribution >= 4 is 46.5 Å². The average Bonchev–Trinajstić information content (AvgIpc) is 2.97. The SMILES string of the molecule is CC(C)(C)c1ccc(C(=O)O)c(C(=O)Nc2cccc(C=C3SC(=O)NC3=O)c2)c1. The van der Waals surface area contributed by atoms with Gasteiger partial charge in [0.1, 0.15) is 0 Å². The van der Waals surface area contributed by atoms with Gasteiger partial charge in [0, 0.05) is 5.69 Å². The molecule has 1 aliphatic heterocycles. The third-order valence-electron chi connectivity index (χ3n) is 4.44. The molecule has 0 atom stereocenters. The van der Waals surface area contributed by atoms with Crippen molar-refractivity contribution in [2.24, 2.45) is 0 Å². The van der Waals surface area contributed by atoms with E-state index in [0.717, 1.165) is 17.3 Å². The summed E-state index contributed by atoms with van der Waals surface area (Å²) in [6.07, 6.45) is 1.55. The number of aromatic carboxylic acids is 1. The molecule has 0 aromatic heterocycles. The summed E-state index contributed by atoms with van der Waals surface area (Å²) < 4.78 is 0. The minimum atomic E-state index is -1.19. The van der Waals surface area contributed by atoms with Gasteiger partial charge in [-0.1, -0.05) is 39.0 Å². The Morgan fingerprint density at radius 3 is 2.40 bits per heavy atom. The number of thioether (sulfide) groups is 1. The third kappa shape index (κ3) is 4.77. The summed E-state index contributed by atoms with van der Waals surface area (Å²) in [5.41, 5.74) is 1.61. The number of carbonyl (C=O) groups is 4. The molecule has 0 aliphatic carbocycles. The number of carboxylic acid groups (broad SMARTS) is 1. The quantitative estimate of drug-likeness (QED) is 0.632. The smallest absolute Gasteiger partial charge is 0.336 e. The highest BCUT2D eigenvalue weighted by Crippen LogP contribution is 2.27. The molecule has 3 amide bonds. The van der Waals surface area contributed by atoms with Gasteiger partial charge in [0.15, 0.2) is 0 Å². The molecule has 1 fully saturated rings. The molecule has 8 heteroatoms. The molecule has 3 rings (SSSR count). The lowest BCUT2D eigenvalue weighted by Gasteiger charge is -2.20. The topological polar surface area (TPSA) is 113 Å². The Morgan fingerprint density at radius 2 is 1.80 bits per heavy atom. The van der Waals surface area contributed by atoms with E-state index in [2.05, 4.69) is 10.6 Å². The highest BCUT2D eigenvalue weighted by atomic mass is 32.2. The minimum absolute atomic E-state index is 0.0648. The number of benzene rings is 2. The summed E-state index contributed by atoms with van der Waals surface area (Å²) in [4.78, 5) is 47.7. The van der Waals surface area contributed by atoms with Crippen molar-refractivity contribution in [3.63, 3.8) is 0 Å². The molecule has 3 N–H and O–H groups in total. The van der Waals surface area contributed by atoms with Crippen LogP contribution in [0.2, 0.25) is 0 Å². The van der Waals surface area contributed by atoms with Crippen molar-refractivity contribution in [2.45, 2.75) is 26.2 Å². The Labute approximate surface area is 177 Å². The van der Waals surface area contributed by atoms with E-state index in [4.69, 9.17) is 0 Å². The largest absolute Gasteiger partial charge is 0.478 e. The molecule has 0 radical (unpaired) electrons. The van der Waals surface area contributed by atoms with Gasteiger partial charge in [0.25, 0.3) is 17.1 Å². The first-order chi connectivity index (χ1) is 14.0. The molecule has 154 valence electrons. The number of imide groups is 1. The van der Waals surface area contributed by atoms with Crippen molar-refractivity contribution in [2.75, 3.05) is 5.32 Å². The van der Waals surface area contributed by atoms with E-state index >= 15 is 0 Å². The van der Waals surface area contributed by atoms with E-state index in [1.165, 1.54) is 6.07 Å². The van der Waals surface area contributed by atoms with Crippen molar-refractivity contribution in [3.05, 3.63) is 69.6 Å². The van der Waals surface area contributed by atoms with Gasteiger partial charge in [0.2, 0.25) is 0 Å². The van der Waals surface area contributed by atoms with Crippen LogP contribution in [0.3, 0.4) is 0 Å². The zero-order valence-corrected chi connectivity index (χ0v) is 17.4. The molecule has 2 aromatic rings. The van der Waals surface area contributed by atoms with Crippen molar-refractivity contribution < 1.29 is 24.3 Å². The predicted molar refractivity (Wildman–Crippen MR) is 116 cm³/mol. The highest BCUT2D eigenvalue weighted by molar-refractivity contribution is 8.18. The zero-order chi connectivity index (χ0) is 22.1. The minimum Gasteiger partial charge on any atom is -0.478 e. The Bertz CT molecular complexity index is 1100. The van der Waals surface area contributed by atoms with E-state index < -0.39 is 23.0 Å². The van der Waals surface area contributed by atoms with Crippen LogP contribution < -0.4 is 10.6 Å². The van der Waals surface area contributed by atoms with Gasteiger partial charge in [-0.2, -0.15) is 0 Å². The molecule has 0 bridgehead atoms. The van der Waals surface area contributed by atoms with Crippen LogP contribution in [-0.2, 0) is 10.2 Å². The Morgan fingerprint density at radius 1 is 1.07 bits per heavy atom. The fourth-order valence-electron chi connectivity index (χ4n) is 2.86. The van der Waals surface area contributed by atoms with E-state index in [1.54, 1.807) is 42.5 Å². The number of hydrogen-bond acceptors (Lipinski definition) is 5. The Hall–Kier alpha value is -3.39. The summed E-state index contributed by atoms with van der Waals surface area (Å²) in [7, 11) is 0. The van der Waals surface area contributed by atoms with E-state index in [0.29, 0.717) is 11.3 Å². The molecule has 30 heavy (non-hydrogen) atoms. The molecule has 1 heterocycles. The van der Waals surface area contributed by atoms with Crippen LogP contribution in [-0.4, -0.2) is 28.1 Å². The van der Waals surface area contributed by atoms with Gasteiger partial charge in [0.05, 0.1) is 16.0 Å². The van der Waals surface area contributed by atoms with Crippen LogP contribution >= 0.6 is 11.8 Å². The predicted octanol–water partition coefficient (Wildman–Crippen LogP) is 4.26. The molecule has 2 aromatic carbocycles. The Balaban J connectivity index is 1.90. The van der Waals surface area contributed by atoms with Crippen LogP contribution in [0, 0.1) is 0 Å². The average molecular weight is 424 g/mol. The maximum absolute atomic E-state index is 12.9. The maximum Gasteiger partial charge on any atom is 0.336 e. The maximum atomic E-state index is 12.9. The van der Waals surface area contributed by atoms with Gasteiger partial charge in [-0.15, -0.1) is 0 Å².